The van der Waals surface area contributed by atoms with Crippen molar-refractivity contribution in [2.75, 3.05) is 26.2 Å². The first-order valence-corrected chi connectivity index (χ1v) is 10.6. The Balaban J connectivity index is 0.00000225. The number of nitrogens with one attached hydrogen (secondary N) is 1. The van der Waals surface area contributed by atoms with Crippen LogP contribution in [0.3, 0.4) is 0 Å². The number of hydrogen-bond acceptors (Lipinski definition) is 4. The topological polar surface area (TPSA) is 92.5 Å². The van der Waals surface area contributed by atoms with Gasteiger partial charge in [-0.05, 0) is 42.1 Å². The molecule has 2 atom stereocenters. The number of halogens is 1. The van der Waals surface area contributed by atoms with Crippen LogP contribution in [-0.4, -0.2) is 44.8 Å². The molecule has 28 heavy (non-hydrogen) atoms. The Hall–Kier alpha value is -1.93. The number of benzene rings is 2. The van der Waals surface area contributed by atoms with Gasteiger partial charge in [0, 0.05) is 31.1 Å². The highest BCUT2D eigenvalue weighted by molar-refractivity contribution is 7.89. The average Bonchev–Trinajstić information content (AvgIpc) is 3.14. The molecule has 0 bridgehead atoms. The van der Waals surface area contributed by atoms with Crippen molar-refractivity contribution in [2.24, 2.45) is 11.7 Å². The molecule has 1 fully saturated rings. The fraction of sp³-hybridized carbons (Fsp3) is 0.350. The van der Waals surface area contributed by atoms with Crippen LogP contribution < -0.4 is 11.1 Å². The Morgan fingerprint density at radius 2 is 1.86 bits per heavy atom. The first-order chi connectivity index (χ1) is 13.0. The summed E-state index contributed by atoms with van der Waals surface area (Å²) < 4.78 is 27.9. The summed E-state index contributed by atoms with van der Waals surface area (Å²) in [6.45, 7) is 1.80. The summed E-state index contributed by atoms with van der Waals surface area (Å²) in [5.74, 6) is -0.0632. The lowest BCUT2D eigenvalue weighted by Gasteiger charge is -2.20. The van der Waals surface area contributed by atoms with Crippen LogP contribution in [0.5, 0.6) is 0 Å². The predicted octanol–water partition coefficient (Wildman–Crippen LogP) is 1.76. The number of carbonyl (C=O) groups excluding carboxylic acids is 1. The molecule has 6 nitrogen and oxygen atoms in total. The van der Waals surface area contributed by atoms with E-state index < -0.39 is 10.0 Å². The lowest BCUT2D eigenvalue weighted by Crippen LogP contribution is -2.33. The maximum atomic E-state index is 13.2. The second kappa shape index (κ2) is 8.21. The number of nitrogens with two attached hydrogens (primary N) is 1. The highest BCUT2D eigenvalue weighted by Gasteiger charge is 2.39. The molecule has 1 saturated heterocycles. The van der Waals surface area contributed by atoms with Gasteiger partial charge < -0.3 is 11.1 Å². The van der Waals surface area contributed by atoms with Crippen molar-refractivity contribution in [2.45, 2.75) is 17.2 Å². The molecule has 2 aliphatic rings. The van der Waals surface area contributed by atoms with Crippen LogP contribution in [0.2, 0.25) is 0 Å². The molecule has 1 amide bonds. The Labute approximate surface area is 171 Å². The van der Waals surface area contributed by atoms with Gasteiger partial charge in [0.1, 0.15) is 0 Å². The van der Waals surface area contributed by atoms with Gasteiger partial charge in [0.15, 0.2) is 0 Å². The molecule has 0 saturated carbocycles. The largest absolute Gasteiger partial charge is 0.352 e. The van der Waals surface area contributed by atoms with Gasteiger partial charge >= 0.3 is 0 Å². The molecule has 0 radical (unpaired) electrons. The van der Waals surface area contributed by atoms with Crippen molar-refractivity contribution in [1.82, 2.24) is 9.62 Å². The number of nitrogens with zero attached hydrogens (tertiary/aromatic N) is 1. The Morgan fingerprint density at radius 3 is 2.57 bits per heavy atom. The minimum absolute atomic E-state index is 0. The smallest absolute Gasteiger partial charge is 0.251 e. The van der Waals surface area contributed by atoms with Gasteiger partial charge in [0.25, 0.3) is 5.91 Å². The molecule has 150 valence electrons. The summed E-state index contributed by atoms with van der Waals surface area (Å²) in [6, 6.07) is 14.8. The van der Waals surface area contributed by atoms with Crippen molar-refractivity contribution in [3.05, 3.63) is 65.2 Å². The zero-order valence-electron chi connectivity index (χ0n) is 15.4. The van der Waals surface area contributed by atoms with Gasteiger partial charge in [0.05, 0.1) is 4.90 Å². The normalized spacial score (nSPS) is 22.2. The molecule has 0 spiro atoms. The fourth-order valence-corrected chi connectivity index (χ4v) is 5.59. The van der Waals surface area contributed by atoms with E-state index in [2.05, 4.69) is 5.32 Å². The SMILES string of the molecule is Cl.NC[C@@H]1CN(S(=O)(=O)c2ccc3c(c2)C(=O)NCC3)C[C@H]1c1ccccc1. The summed E-state index contributed by atoms with van der Waals surface area (Å²) in [4.78, 5) is 12.3. The summed E-state index contributed by atoms with van der Waals surface area (Å²) >= 11 is 0. The highest BCUT2D eigenvalue weighted by atomic mass is 35.5. The summed E-state index contributed by atoms with van der Waals surface area (Å²) in [6.07, 6.45) is 0.719. The third kappa shape index (κ3) is 3.67. The minimum Gasteiger partial charge on any atom is -0.352 e. The molecule has 2 heterocycles. The molecular formula is C20H24ClN3O3S. The van der Waals surface area contributed by atoms with Gasteiger partial charge in [0.2, 0.25) is 10.0 Å². The van der Waals surface area contributed by atoms with Crippen molar-refractivity contribution in [3.8, 4) is 0 Å². The molecule has 8 heteroatoms. The summed E-state index contributed by atoms with van der Waals surface area (Å²) in [5, 5.41) is 2.77. The van der Waals surface area contributed by atoms with Crippen LogP contribution in [0.25, 0.3) is 0 Å². The van der Waals surface area contributed by atoms with E-state index in [1.807, 2.05) is 30.3 Å². The Morgan fingerprint density at radius 1 is 1.11 bits per heavy atom. The van der Waals surface area contributed by atoms with E-state index in [0.717, 1.165) is 17.5 Å². The summed E-state index contributed by atoms with van der Waals surface area (Å²) in [7, 11) is -3.68. The molecule has 2 aliphatic heterocycles. The molecule has 3 N–H and O–H groups in total. The third-order valence-electron chi connectivity index (χ3n) is 5.58. The zero-order chi connectivity index (χ0) is 19.0. The standard InChI is InChI=1S/C20H23N3O3S.ClH/c21-11-16-12-23(13-19(16)14-4-2-1-3-5-14)27(25,26)17-7-6-15-8-9-22-20(24)18(15)10-17;/h1-7,10,16,19H,8-9,11-13,21H2,(H,22,24);1H/t16-,19+;/m1./s1. The monoisotopic (exact) mass is 421 g/mol. The molecule has 2 aromatic rings. The van der Waals surface area contributed by atoms with Gasteiger partial charge in [-0.2, -0.15) is 4.31 Å². The molecule has 0 aromatic heterocycles. The van der Waals surface area contributed by atoms with Crippen LogP contribution in [-0.2, 0) is 16.4 Å². The molecule has 0 unspecified atom stereocenters. The minimum atomic E-state index is -3.68. The van der Waals surface area contributed by atoms with E-state index in [1.54, 1.807) is 12.1 Å². The van der Waals surface area contributed by atoms with Gasteiger partial charge in [-0.1, -0.05) is 36.4 Å². The molecule has 4 rings (SSSR count). The number of amides is 1. The molecular weight excluding hydrogens is 398 g/mol. The average molecular weight is 422 g/mol. The van der Waals surface area contributed by atoms with E-state index >= 15 is 0 Å². The van der Waals surface area contributed by atoms with Gasteiger partial charge in [-0.15, -0.1) is 12.4 Å². The number of rotatable bonds is 4. The Kier molecular flexibility index (Phi) is 6.09. The van der Waals surface area contributed by atoms with Gasteiger partial charge in [-0.25, -0.2) is 8.42 Å². The second-order valence-corrected chi connectivity index (χ2v) is 9.10. The fourth-order valence-electron chi connectivity index (χ4n) is 4.05. The number of fused-ring (bicyclic) bond motifs is 1. The van der Waals surface area contributed by atoms with Crippen LogP contribution in [0.1, 0.15) is 27.4 Å². The van der Waals surface area contributed by atoms with Crippen molar-refractivity contribution in [3.63, 3.8) is 0 Å². The quantitative estimate of drug-likeness (QED) is 0.786. The van der Waals surface area contributed by atoms with E-state index in [4.69, 9.17) is 5.73 Å². The number of sulfonamides is 1. The van der Waals surface area contributed by atoms with Gasteiger partial charge in [-0.3, -0.25) is 4.79 Å². The van der Waals surface area contributed by atoms with Crippen LogP contribution in [0.15, 0.2) is 53.4 Å². The second-order valence-electron chi connectivity index (χ2n) is 7.16. The Bertz CT molecular complexity index is 966. The third-order valence-corrected chi connectivity index (χ3v) is 7.41. The molecule has 0 aliphatic carbocycles. The van der Waals surface area contributed by atoms with Crippen molar-refractivity contribution >= 4 is 28.3 Å². The number of hydrogen-bond donors (Lipinski definition) is 2. The highest BCUT2D eigenvalue weighted by Crippen LogP contribution is 2.35. The first kappa shape index (κ1) is 20.8. The van der Waals surface area contributed by atoms with E-state index in [-0.39, 0.29) is 35.0 Å². The van der Waals surface area contributed by atoms with Crippen LogP contribution >= 0.6 is 12.4 Å². The predicted molar refractivity (Wildman–Crippen MR) is 110 cm³/mol. The molecule has 2 aromatic carbocycles. The lowest BCUT2D eigenvalue weighted by molar-refractivity contribution is 0.0945. The summed E-state index contributed by atoms with van der Waals surface area (Å²) in [5.41, 5.74) is 8.39. The van der Waals surface area contributed by atoms with Crippen molar-refractivity contribution < 1.29 is 13.2 Å². The van der Waals surface area contributed by atoms with E-state index in [9.17, 15) is 13.2 Å². The van der Waals surface area contributed by atoms with Crippen LogP contribution in [0, 0.1) is 5.92 Å². The number of carbonyl (C=O) groups is 1. The lowest BCUT2D eigenvalue weighted by atomic mass is 9.89. The van der Waals surface area contributed by atoms with Crippen molar-refractivity contribution in [1.29, 1.82) is 0 Å². The van der Waals surface area contributed by atoms with E-state index in [0.29, 0.717) is 31.7 Å². The maximum Gasteiger partial charge on any atom is 0.251 e. The van der Waals surface area contributed by atoms with Crippen LogP contribution in [0.4, 0.5) is 0 Å². The zero-order valence-corrected chi connectivity index (χ0v) is 17.0. The first-order valence-electron chi connectivity index (χ1n) is 9.17. The maximum absolute atomic E-state index is 13.2. The van der Waals surface area contributed by atoms with E-state index in [1.165, 1.54) is 10.4 Å².